The van der Waals surface area contributed by atoms with Crippen molar-refractivity contribution in [2.24, 2.45) is 0 Å². The molecule has 3 rings (SSSR count). The van der Waals surface area contributed by atoms with Gasteiger partial charge in [0.15, 0.2) is 0 Å². The predicted molar refractivity (Wildman–Crippen MR) is 82.5 cm³/mol. The number of thiazole rings is 1. The molecule has 1 aliphatic carbocycles. The average molecular weight is 302 g/mol. The summed E-state index contributed by atoms with van der Waals surface area (Å²) in [6, 6.07) is 7.12. The van der Waals surface area contributed by atoms with Crippen LogP contribution < -0.4 is 5.32 Å². The van der Waals surface area contributed by atoms with E-state index in [1.807, 2.05) is 17.6 Å². The Morgan fingerprint density at radius 3 is 2.86 bits per heavy atom. The topological polar surface area (TPSA) is 62.2 Å². The first kappa shape index (κ1) is 14.2. The summed E-state index contributed by atoms with van der Waals surface area (Å²) >= 11 is 1.69. The van der Waals surface area contributed by atoms with Crippen LogP contribution in [0.3, 0.4) is 0 Å². The molecule has 4 nitrogen and oxygen atoms in total. The normalized spacial score (nSPS) is 17.0. The van der Waals surface area contributed by atoms with E-state index in [1.165, 1.54) is 12.8 Å². The number of hydrogen-bond donors (Lipinski definition) is 2. The minimum Gasteiger partial charge on any atom is -0.478 e. The Balaban J connectivity index is 1.76. The van der Waals surface area contributed by atoms with Crippen molar-refractivity contribution in [1.29, 1.82) is 0 Å². The van der Waals surface area contributed by atoms with E-state index < -0.39 is 5.97 Å². The predicted octanol–water partition coefficient (Wildman–Crippen LogP) is 3.40. The average Bonchev–Trinajstić information content (AvgIpc) is 3.17. The van der Waals surface area contributed by atoms with Gasteiger partial charge in [0.2, 0.25) is 0 Å². The van der Waals surface area contributed by atoms with Crippen molar-refractivity contribution in [3.8, 4) is 0 Å². The van der Waals surface area contributed by atoms with Gasteiger partial charge in [-0.25, -0.2) is 9.78 Å². The Morgan fingerprint density at radius 1 is 1.38 bits per heavy atom. The summed E-state index contributed by atoms with van der Waals surface area (Å²) in [5.41, 5.74) is 1.30. The van der Waals surface area contributed by atoms with Gasteiger partial charge in [-0.05, 0) is 30.5 Å². The van der Waals surface area contributed by atoms with Gasteiger partial charge in [0.05, 0.1) is 11.1 Å². The maximum Gasteiger partial charge on any atom is 0.335 e. The smallest absolute Gasteiger partial charge is 0.335 e. The van der Waals surface area contributed by atoms with Crippen LogP contribution in [0.25, 0.3) is 0 Å². The van der Waals surface area contributed by atoms with Crippen LogP contribution in [0, 0.1) is 0 Å². The van der Waals surface area contributed by atoms with Crippen molar-refractivity contribution in [3.63, 3.8) is 0 Å². The number of carboxylic acids is 1. The van der Waals surface area contributed by atoms with Crippen LogP contribution in [0.5, 0.6) is 0 Å². The minimum atomic E-state index is -0.882. The minimum absolute atomic E-state index is 0.0343. The number of nitrogens with zero attached hydrogens (tertiary/aromatic N) is 1. The van der Waals surface area contributed by atoms with Gasteiger partial charge in [0.25, 0.3) is 0 Å². The molecule has 2 N–H and O–H groups in total. The van der Waals surface area contributed by atoms with Gasteiger partial charge in [-0.15, -0.1) is 11.3 Å². The Bertz CT molecular complexity index is 619. The monoisotopic (exact) mass is 302 g/mol. The summed E-state index contributed by atoms with van der Waals surface area (Å²) in [5.74, 6) is -0.882. The van der Waals surface area contributed by atoms with Gasteiger partial charge in [-0.1, -0.05) is 25.0 Å². The number of carbonyl (C=O) groups is 1. The molecule has 1 saturated carbocycles. The highest BCUT2D eigenvalue weighted by Crippen LogP contribution is 2.39. The molecular formula is C16H18N2O2S. The highest BCUT2D eigenvalue weighted by molar-refractivity contribution is 7.09. The third-order valence-electron chi connectivity index (χ3n) is 4.10. The maximum absolute atomic E-state index is 11.0. The van der Waals surface area contributed by atoms with Crippen LogP contribution in [0.4, 0.5) is 0 Å². The van der Waals surface area contributed by atoms with Crippen LogP contribution in [-0.2, 0) is 12.1 Å². The molecule has 0 amide bonds. The fourth-order valence-corrected chi connectivity index (χ4v) is 3.86. The molecule has 0 bridgehead atoms. The first-order valence-electron chi connectivity index (χ1n) is 7.17. The molecule has 21 heavy (non-hydrogen) atoms. The van der Waals surface area contributed by atoms with Crippen LogP contribution in [-0.4, -0.2) is 16.1 Å². The first-order chi connectivity index (χ1) is 10.2. The van der Waals surface area contributed by atoms with Gasteiger partial charge < -0.3 is 10.4 Å². The highest BCUT2D eigenvalue weighted by Gasteiger charge is 2.37. The van der Waals surface area contributed by atoms with Crippen LogP contribution in [0.15, 0.2) is 35.8 Å². The number of aromatic nitrogens is 1. The zero-order valence-corrected chi connectivity index (χ0v) is 12.5. The molecule has 2 aromatic rings. The van der Waals surface area contributed by atoms with E-state index in [9.17, 15) is 4.79 Å². The van der Waals surface area contributed by atoms with Crippen LogP contribution in [0.1, 0.15) is 46.6 Å². The van der Waals surface area contributed by atoms with Crippen LogP contribution in [0.2, 0.25) is 0 Å². The molecule has 0 atom stereocenters. The molecule has 0 spiro atoms. The lowest BCUT2D eigenvalue weighted by Crippen LogP contribution is -2.39. The maximum atomic E-state index is 11.0. The lowest BCUT2D eigenvalue weighted by atomic mass is 9.97. The fraction of sp³-hybridized carbons (Fsp3) is 0.375. The van der Waals surface area contributed by atoms with E-state index in [1.54, 1.807) is 29.5 Å². The highest BCUT2D eigenvalue weighted by atomic mass is 32.1. The Hall–Kier alpha value is -1.72. The van der Waals surface area contributed by atoms with Crippen molar-refractivity contribution < 1.29 is 9.90 Å². The molecule has 0 aliphatic heterocycles. The lowest BCUT2D eigenvalue weighted by molar-refractivity contribution is 0.0696. The molecule has 0 unspecified atom stereocenters. The number of rotatable bonds is 5. The first-order valence-corrected chi connectivity index (χ1v) is 8.05. The molecule has 1 aromatic heterocycles. The van der Waals surface area contributed by atoms with Gasteiger partial charge in [0.1, 0.15) is 5.01 Å². The summed E-state index contributed by atoms with van der Waals surface area (Å²) in [4.78, 5) is 15.5. The standard InChI is InChI=1S/C16H18N2O2S/c19-14(20)13-5-3-4-12(10-13)11-18-16(6-1-2-7-16)15-17-8-9-21-15/h3-5,8-10,18H,1-2,6-7,11H2,(H,19,20). The molecule has 1 heterocycles. The van der Waals surface area contributed by atoms with Crippen molar-refractivity contribution in [1.82, 2.24) is 10.3 Å². The molecule has 5 heteroatoms. The lowest BCUT2D eigenvalue weighted by Gasteiger charge is -2.28. The number of nitrogens with one attached hydrogen (secondary N) is 1. The zero-order chi connectivity index (χ0) is 14.7. The van der Waals surface area contributed by atoms with E-state index in [0.29, 0.717) is 12.1 Å². The third kappa shape index (κ3) is 2.99. The number of benzene rings is 1. The quantitative estimate of drug-likeness (QED) is 0.888. The molecule has 0 saturated heterocycles. The molecule has 1 aromatic carbocycles. The Labute approximate surface area is 127 Å². The summed E-state index contributed by atoms with van der Waals surface area (Å²) in [5, 5.41) is 15.9. The summed E-state index contributed by atoms with van der Waals surface area (Å²) in [7, 11) is 0. The zero-order valence-electron chi connectivity index (χ0n) is 11.7. The molecule has 110 valence electrons. The van der Waals surface area contributed by atoms with E-state index >= 15 is 0 Å². The molecule has 0 radical (unpaired) electrons. The summed E-state index contributed by atoms with van der Waals surface area (Å²) in [6.07, 6.45) is 6.47. The second kappa shape index (κ2) is 5.95. The van der Waals surface area contributed by atoms with Crippen molar-refractivity contribution >= 4 is 17.3 Å². The van der Waals surface area contributed by atoms with Crippen molar-refractivity contribution in [2.75, 3.05) is 0 Å². The SMILES string of the molecule is O=C(O)c1cccc(CNC2(c3nccs3)CCCC2)c1. The van der Waals surface area contributed by atoms with Gasteiger partial charge in [-0.3, -0.25) is 0 Å². The third-order valence-corrected chi connectivity index (χ3v) is 5.08. The number of carboxylic acid groups (broad SMARTS) is 1. The number of aromatic carboxylic acids is 1. The van der Waals surface area contributed by atoms with Gasteiger partial charge in [-0.2, -0.15) is 0 Å². The largest absolute Gasteiger partial charge is 0.478 e. The van der Waals surface area contributed by atoms with Gasteiger partial charge in [0, 0.05) is 18.1 Å². The van der Waals surface area contributed by atoms with E-state index in [2.05, 4.69) is 10.3 Å². The second-order valence-corrected chi connectivity index (χ2v) is 6.38. The molecule has 1 aliphatic rings. The summed E-state index contributed by atoms with van der Waals surface area (Å²) < 4.78 is 0. The Morgan fingerprint density at radius 2 is 2.19 bits per heavy atom. The molecular weight excluding hydrogens is 284 g/mol. The van der Waals surface area contributed by atoms with E-state index in [0.717, 1.165) is 23.4 Å². The van der Waals surface area contributed by atoms with Crippen LogP contribution >= 0.6 is 11.3 Å². The summed E-state index contributed by atoms with van der Waals surface area (Å²) in [6.45, 7) is 0.667. The molecule has 1 fully saturated rings. The second-order valence-electron chi connectivity index (χ2n) is 5.49. The Kier molecular flexibility index (Phi) is 4.03. The van der Waals surface area contributed by atoms with Crippen molar-refractivity contribution in [2.45, 2.75) is 37.8 Å². The van der Waals surface area contributed by atoms with Gasteiger partial charge >= 0.3 is 5.97 Å². The van der Waals surface area contributed by atoms with E-state index in [-0.39, 0.29) is 5.54 Å². The van der Waals surface area contributed by atoms with E-state index in [4.69, 9.17) is 5.11 Å². The number of hydrogen-bond acceptors (Lipinski definition) is 4. The van der Waals surface area contributed by atoms with Crippen molar-refractivity contribution in [3.05, 3.63) is 52.0 Å². The fourth-order valence-electron chi connectivity index (χ4n) is 2.99.